The van der Waals surface area contributed by atoms with Crippen molar-refractivity contribution < 1.29 is 72.5 Å². The Morgan fingerprint density at radius 1 is 0.623 bits per heavy atom. The number of nitrogens with one attached hydrogen (secondary N) is 2. The highest BCUT2D eigenvalue weighted by molar-refractivity contribution is 6.06. The number of Topliss-reactive ketones (excluding diaryl/α,β-unsaturated/α-hetero) is 1. The quantitative estimate of drug-likeness (QED) is 0.115. The Morgan fingerprint density at radius 3 is 1.38 bits per heavy atom. The zero-order chi connectivity index (χ0) is 40.8. The molecule has 292 valence electrons. The summed E-state index contributed by atoms with van der Waals surface area (Å²) in [6.45, 7) is 7.78. The van der Waals surface area contributed by atoms with Gasteiger partial charge < -0.3 is 20.8 Å². The molecule has 0 saturated carbocycles. The molecular formula is C35H34F12N2O4. The van der Waals surface area contributed by atoms with E-state index in [1.165, 1.54) is 26.0 Å². The summed E-state index contributed by atoms with van der Waals surface area (Å²) < 4.78 is 168. The van der Waals surface area contributed by atoms with Crippen molar-refractivity contribution in [3.05, 3.63) is 94.0 Å². The van der Waals surface area contributed by atoms with Crippen LogP contribution in [-0.2, 0) is 17.6 Å². The number of aliphatic hydroxyl groups is 2. The van der Waals surface area contributed by atoms with E-state index in [2.05, 4.69) is 5.32 Å². The van der Waals surface area contributed by atoms with E-state index in [0.717, 1.165) is 24.3 Å². The molecular weight excluding hydrogens is 740 g/mol. The highest BCUT2D eigenvalue weighted by Crippen LogP contribution is 2.54. The lowest BCUT2D eigenvalue weighted by Crippen LogP contribution is -2.54. The van der Waals surface area contributed by atoms with Gasteiger partial charge in [-0.15, -0.1) is 0 Å². The van der Waals surface area contributed by atoms with Gasteiger partial charge in [0.25, 0.3) is 17.1 Å². The van der Waals surface area contributed by atoms with Crippen molar-refractivity contribution in [1.29, 1.82) is 0 Å². The first-order chi connectivity index (χ1) is 23.9. The summed E-state index contributed by atoms with van der Waals surface area (Å²) in [5, 5.41) is 24.7. The van der Waals surface area contributed by atoms with Gasteiger partial charge in [0.15, 0.2) is 5.78 Å². The van der Waals surface area contributed by atoms with E-state index in [1.807, 2.05) is 5.32 Å². The van der Waals surface area contributed by atoms with Crippen LogP contribution in [0.15, 0.2) is 60.7 Å². The normalized spacial score (nSPS) is 13.7. The summed E-state index contributed by atoms with van der Waals surface area (Å²) in [6.07, 6.45) is -26.1. The molecule has 0 saturated heterocycles. The predicted molar refractivity (Wildman–Crippen MR) is 169 cm³/mol. The average Bonchev–Trinajstić information content (AvgIpc) is 3.02. The number of halogens is 12. The second-order valence-electron chi connectivity index (χ2n) is 13.2. The molecule has 0 unspecified atom stereocenters. The summed E-state index contributed by atoms with van der Waals surface area (Å²) in [6, 6.07) is 7.21. The summed E-state index contributed by atoms with van der Waals surface area (Å²) in [7, 11) is 0. The van der Waals surface area contributed by atoms with Crippen molar-refractivity contribution in [3.8, 4) is 0 Å². The molecule has 1 amide bonds. The topological polar surface area (TPSA) is 98.7 Å². The van der Waals surface area contributed by atoms with Crippen LogP contribution in [0.1, 0.15) is 84.0 Å². The molecule has 0 fully saturated rings. The van der Waals surface area contributed by atoms with Gasteiger partial charge in [-0.2, -0.15) is 52.7 Å². The first kappa shape index (κ1) is 43.1. The lowest BCUT2D eigenvalue weighted by molar-refractivity contribution is -0.376. The lowest BCUT2D eigenvalue weighted by atomic mass is 9.82. The summed E-state index contributed by atoms with van der Waals surface area (Å²) in [5.74, 6) is -1.58. The summed E-state index contributed by atoms with van der Waals surface area (Å²) >= 11 is 0. The first-order valence-electron chi connectivity index (χ1n) is 15.6. The van der Waals surface area contributed by atoms with Crippen LogP contribution in [0, 0.1) is 5.41 Å². The molecule has 0 aromatic heterocycles. The molecule has 6 nitrogen and oxygen atoms in total. The van der Waals surface area contributed by atoms with E-state index in [0.29, 0.717) is 18.6 Å². The van der Waals surface area contributed by atoms with Gasteiger partial charge in [-0.1, -0.05) is 45.0 Å². The zero-order valence-electron chi connectivity index (χ0n) is 28.5. The number of benzene rings is 3. The molecule has 0 bridgehead atoms. The Bertz CT molecular complexity index is 1780. The third kappa shape index (κ3) is 8.42. The van der Waals surface area contributed by atoms with Gasteiger partial charge in [0.05, 0.1) is 0 Å². The van der Waals surface area contributed by atoms with Crippen LogP contribution in [0.2, 0.25) is 0 Å². The second-order valence-corrected chi connectivity index (χ2v) is 13.2. The Morgan fingerprint density at radius 2 is 1.00 bits per heavy atom. The maximum atomic E-state index is 14.1. The smallest absolute Gasteiger partial charge is 0.383 e. The third-order valence-corrected chi connectivity index (χ3v) is 8.60. The van der Waals surface area contributed by atoms with Crippen molar-refractivity contribution in [3.63, 3.8) is 0 Å². The largest absolute Gasteiger partial charge is 0.430 e. The fraction of sp³-hybridized carbons (Fsp3) is 0.429. The molecule has 0 heterocycles. The number of carbonyl (C=O) groups is 2. The van der Waals surface area contributed by atoms with Gasteiger partial charge in [0.1, 0.15) is 0 Å². The fourth-order valence-corrected chi connectivity index (χ4v) is 5.23. The van der Waals surface area contributed by atoms with Gasteiger partial charge in [-0.05, 0) is 74.2 Å². The van der Waals surface area contributed by atoms with Gasteiger partial charge in [0.2, 0.25) is 0 Å². The van der Waals surface area contributed by atoms with E-state index in [9.17, 15) is 72.5 Å². The SMILES string of the molecule is CCC(C)(C)C(=O)c1ccc(C(=O)Nc2ccc(Cc3ccc(NC(C)C)c(C(O)(C(F)(F)F)C(F)(F)F)c3)cc2C(O)(C(F)(F)F)C(F)(F)F)cc1. The predicted octanol–water partition coefficient (Wildman–Crippen LogP) is 9.59. The summed E-state index contributed by atoms with van der Waals surface area (Å²) in [5.41, 5.74) is -19.0. The molecule has 3 rings (SSSR count). The molecule has 53 heavy (non-hydrogen) atoms. The Kier molecular flexibility index (Phi) is 11.8. The van der Waals surface area contributed by atoms with Crippen LogP contribution >= 0.6 is 0 Å². The molecule has 3 aromatic carbocycles. The second kappa shape index (κ2) is 14.5. The van der Waals surface area contributed by atoms with Gasteiger partial charge >= 0.3 is 24.7 Å². The Hall–Kier alpha value is -4.32. The number of anilines is 2. The van der Waals surface area contributed by atoms with Crippen molar-refractivity contribution >= 4 is 23.1 Å². The van der Waals surface area contributed by atoms with E-state index >= 15 is 0 Å². The van der Waals surface area contributed by atoms with Gasteiger partial charge in [0, 0.05) is 45.1 Å². The number of alkyl halides is 12. The van der Waals surface area contributed by atoms with Crippen LogP contribution in [0.25, 0.3) is 0 Å². The van der Waals surface area contributed by atoms with E-state index in [4.69, 9.17) is 0 Å². The van der Waals surface area contributed by atoms with Crippen molar-refractivity contribution in [1.82, 2.24) is 0 Å². The van der Waals surface area contributed by atoms with E-state index in [-0.39, 0.29) is 29.0 Å². The van der Waals surface area contributed by atoms with E-state index in [1.54, 1.807) is 20.8 Å². The van der Waals surface area contributed by atoms with Crippen LogP contribution in [0.4, 0.5) is 64.1 Å². The maximum absolute atomic E-state index is 14.1. The van der Waals surface area contributed by atoms with E-state index < -0.39 is 93.3 Å². The monoisotopic (exact) mass is 774 g/mol. The molecule has 18 heteroatoms. The van der Waals surface area contributed by atoms with Gasteiger partial charge in [-0.3, -0.25) is 9.59 Å². The number of rotatable bonds is 11. The Labute approximate surface area is 295 Å². The molecule has 3 aromatic rings. The minimum Gasteiger partial charge on any atom is -0.383 e. The molecule has 0 atom stereocenters. The fourth-order valence-electron chi connectivity index (χ4n) is 5.23. The Balaban J connectivity index is 2.19. The summed E-state index contributed by atoms with van der Waals surface area (Å²) in [4.78, 5) is 25.8. The number of amides is 1. The molecule has 0 radical (unpaired) electrons. The van der Waals surface area contributed by atoms with Crippen molar-refractivity contribution in [2.24, 2.45) is 5.41 Å². The van der Waals surface area contributed by atoms with Crippen molar-refractivity contribution in [2.75, 3.05) is 10.6 Å². The van der Waals surface area contributed by atoms with Crippen LogP contribution < -0.4 is 10.6 Å². The molecule has 0 aliphatic rings. The lowest BCUT2D eigenvalue weighted by Gasteiger charge is -2.35. The molecule has 4 N–H and O–H groups in total. The first-order valence-corrected chi connectivity index (χ1v) is 15.6. The number of ketones is 1. The highest BCUT2D eigenvalue weighted by atomic mass is 19.4. The van der Waals surface area contributed by atoms with Crippen LogP contribution in [0.5, 0.6) is 0 Å². The van der Waals surface area contributed by atoms with Crippen LogP contribution in [0.3, 0.4) is 0 Å². The third-order valence-electron chi connectivity index (χ3n) is 8.60. The maximum Gasteiger partial charge on any atom is 0.430 e. The van der Waals surface area contributed by atoms with Crippen molar-refractivity contribution in [2.45, 2.75) is 89.4 Å². The molecule has 0 aliphatic carbocycles. The number of carbonyl (C=O) groups excluding carboxylic acids is 2. The standard InChI is InChI=1S/C35H34F12N2O4/c1-6-29(4,5)27(50)21-9-11-22(12-10-21)28(51)49-26-14-8-20(17-24(26)31(53,34(42,43)44)35(45,46)47)15-19-7-13-25(48-18(2)3)23(16-19)30(52,32(36,37)38)33(39,40)41/h7-14,16-18,48,52-53H,6,15H2,1-5H3,(H,49,51). The molecule has 0 spiro atoms. The minimum absolute atomic E-state index is 0.144. The zero-order valence-corrected chi connectivity index (χ0v) is 28.5. The minimum atomic E-state index is -6.48. The average molecular weight is 775 g/mol. The van der Waals surface area contributed by atoms with Gasteiger partial charge in [-0.25, -0.2) is 0 Å². The number of hydrogen-bond acceptors (Lipinski definition) is 5. The molecule has 0 aliphatic heterocycles. The van der Waals surface area contributed by atoms with Crippen LogP contribution in [-0.4, -0.2) is 52.7 Å². The number of hydrogen-bond donors (Lipinski definition) is 4. The highest BCUT2D eigenvalue weighted by Gasteiger charge is 2.73.